The van der Waals surface area contributed by atoms with Crippen LogP contribution in [0.3, 0.4) is 0 Å². The van der Waals surface area contributed by atoms with Crippen molar-refractivity contribution in [2.75, 3.05) is 0 Å². The minimum atomic E-state index is -0.346. The summed E-state index contributed by atoms with van der Waals surface area (Å²) in [4.78, 5) is 12.1. The Hall–Kier alpha value is -1.29. The molecule has 1 aromatic heterocycles. The fraction of sp³-hybridized carbons (Fsp3) is 0.688. The lowest BCUT2D eigenvalue weighted by Gasteiger charge is -2.22. The molecular weight excluding hydrogens is 252 g/mol. The van der Waals surface area contributed by atoms with Crippen LogP contribution >= 0.6 is 0 Å². The number of aliphatic hydroxyl groups excluding tert-OH is 1. The molecule has 0 spiro atoms. The molecule has 20 heavy (non-hydrogen) atoms. The third-order valence-corrected chi connectivity index (χ3v) is 4.58. The zero-order chi connectivity index (χ0) is 13.9. The van der Waals surface area contributed by atoms with Gasteiger partial charge in [0.1, 0.15) is 6.54 Å². The lowest BCUT2D eigenvalue weighted by Crippen LogP contribution is -2.38. The largest absolute Gasteiger partial charge is 0.388 e. The molecule has 2 aliphatic rings. The number of aromatic nitrogens is 1. The van der Waals surface area contributed by atoms with Crippen LogP contribution in [0.15, 0.2) is 12.4 Å². The van der Waals surface area contributed by atoms with E-state index in [9.17, 15) is 9.90 Å². The number of carbonyl (C=O) groups excluding carboxylic acids is 1. The van der Waals surface area contributed by atoms with Crippen LogP contribution in [0.2, 0.25) is 0 Å². The highest BCUT2D eigenvalue weighted by Gasteiger charge is 2.21. The first-order valence-corrected chi connectivity index (χ1v) is 7.88. The molecule has 2 aliphatic carbocycles. The van der Waals surface area contributed by atoms with Crippen molar-refractivity contribution in [1.29, 1.82) is 0 Å². The van der Waals surface area contributed by atoms with Crippen molar-refractivity contribution >= 4 is 5.91 Å². The number of hydrogen-bond acceptors (Lipinski definition) is 2. The monoisotopic (exact) mass is 276 g/mol. The molecule has 1 heterocycles. The number of hydrogen-bond donors (Lipinski definition) is 2. The molecule has 2 N–H and O–H groups in total. The van der Waals surface area contributed by atoms with Crippen LogP contribution in [0, 0.1) is 0 Å². The molecular formula is C16H24N2O2. The number of rotatable bonds is 3. The minimum Gasteiger partial charge on any atom is -0.388 e. The van der Waals surface area contributed by atoms with E-state index in [1.807, 2.05) is 17.0 Å². The van der Waals surface area contributed by atoms with Gasteiger partial charge in [0.15, 0.2) is 0 Å². The van der Waals surface area contributed by atoms with Crippen molar-refractivity contribution in [3.05, 3.63) is 23.5 Å². The molecule has 1 aromatic rings. The summed E-state index contributed by atoms with van der Waals surface area (Å²) in [7, 11) is 0. The van der Waals surface area contributed by atoms with Crippen molar-refractivity contribution in [3.8, 4) is 0 Å². The first-order valence-electron chi connectivity index (χ1n) is 7.88. The summed E-state index contributed by atoms with van der Waals surface area (Å²) in [5, 5.41) is 13.1. The van der Waals surface area contributed by atoms with E-state index in [4.69, 9.17) is 0 Å². The third kappa shape index (κ3) is 3.06. The molecule has 0 saturated heterocycles. The maximum atomic E-state index is 12.1. The van der Waals surface area contributed by atoms with E-state index >= 15 is 0 Å². The summed E-state index contributed by atoms with van der Waals surface area (Å²) in [5.74, 6) is 0.0961. The Morgan fingerprint density at radius 2 is 2.00 bits per heavy atom. The molecule has 1 fully saturated rings. The van der Waals surface area contributed by atoms with Gasteiger partial charge >= 0.3 is 0 Å². The smallest absolute Gasteiger partial charge is 0.240 e. The van der Waals surface area contributed by atoms with E-state index in [1.54, 1.807) is 0 Å². The highest BCUT2D eigenvalue weighted by atomic mass is 16.3. The summed E-state index contributed by atoms with van der Waals surface area (Å²) in [5.41, 5.74) is 2.22. The van der Waals surface area contributed by atoms with Gasteiger partial charge in [0.05, 0.1) is 6.10 Å². The first kappa shape index (κ1) is 13.7. The van der Waals surface area contributed by atoms with Gasteiger partial charge in [0.25, 0.3) is 0 Å². The summed E-state index contributed by atoms with van der Waals surface area (Å²) in [6.07, 6.45) is 12.5. The van der Waals surface area contributed by atoms with Gasteiger partial charge in [-0.2, -0.15) is 0 Å². The van der Waals surface area contributed by atoms with Crippen LogP contribution in [0.25, 0.3) is 0 Å². The number of amides is 1. The SMILES string of the molecule is O=C(Cn1cc2c(c1)C(O)CCC2)NC1CCCCC1. The number of nitrogens with zero attached hydrogens (tertiary/aromatic N) is 1. The van der Waals surface area contributed by atoms with Crippen LogP contribution in [0.4, 0.5) is 0 Å². The standard InChI is InChI=1S/C16H24N2O2/c19-15-8-4-5-12-9-18(10-14(12)15)11-16(20)17-13-6-2-1-3-7-13/h9-10,13,15,19H,1-8,11H2,(H,17,20). The van der Waals surface area contributed by atoms with Gasteiger partial charge in [0, 0.05) is 24.0 Å². The number of carbonyl (C=O) groups is 1. The lowest BCUT2D eigenvalue weighted by atomic mass is 9.93. The Morgan fingerprint density at radius 3 is 2.75 bits per heavy atom. The maximum absolute atomic E-state index is 12.1. The molecule has 0 bridgehead atoms. The normalized spacial score (nSPS) is 23.4. The van der Waals surface area contributed by atoms with E-state index in [1.165, 1.54) is 24.8 Å². The van der Waals surface area contributed by atoms with Crippen LogP contribution < -0.4 is 5.32 Å². The fourth-order valence-electron chi connectivity index (χ4n) is 3.50. The highest BCUT2D eigenvalue weighted by Crippen LogP contribution is 2.30. The van der Waals surface area contributed by atoms with Gasteiger partial charge in [-0.05, 0) is 37.7 Å². The molecule has 4 heteroatoms. The van der Waals surface area contributed by atoms with E-state index < -0.39 is 0 Å². The molecule has 110 valence electrons. The zero-order valence-corrected chi connectivity index (χ0v) is 12.0. The minimum absolute atomic E-state index is 0.0961. The quantitative estimate of drug-likeness (QED) is 0.890. The number of aliphatic hydroxyl groups is 1. The van der Waals surface area contributed by atoms with Gasteiger partial charge in [-0.1, -0.05) is 19.3 Å². The molecule has 0 aromatic carbocycles. The molecule has 1 amide bonds. The summed E-state index contributed by atoms with van der Waals surface area (Å²) < 4.78 is 1.93. The third-order valence-electron chi connectivity index (χ3n) is 4.58. The van der Waals surface area contributed by atoms with Crippen molar-refractivity contribution in [2.24, 2.45) is 0 Å². The molecule has 0 radical (unpaired) electrons. The van der Waals surface area contributed by atoms with Gasteiger partial charge < -0.3 is 15.0 Å². The summed E-state index contributed by atoms with van der Waals surface area (Å²) in [6, 6.07) is 0.368. The van der Waals surface area contributed by atoms with Crippen LogP contribution in [0.5, 0.6) is 0 Å². The molecule has 4 nitrogen and oxygen atoms in total. The lowest BCUT2D eigenvalue weighted by molar-refractivity contribution is -0.122. The Bertz CT molecular complexity index is 475. The summed E-state index contributed by atoms with van der Waals surface area (Å²) in [6.45, 7) is 0.371. The van der Waals surface area contributed by atoms with E-state index in [0.717, 1.165) is 37.7 Å². The van der Waals surface area contributed by atoms with Crippen LogP contribution in [-0.2, 0) is 17.8 Å². The van der Waals surface area contributed by atoms with Crippen molar-refractivity contribution in [1.82, 2.24) is 9.88 Å². The predicted molar refractivity (Wildman–Crippen MR) is 77.3 cm³/mol. The second-order valence-corrected chi connectivity index (χ2v) is 6.22. The molecule has 0 aliphatic heterocycles. The van der Waals surface area contributed by atoms with Gasteiger partial charge in [-0.15, -0.1) is 0 Å². The second kappa shape index (κ2) is 6.00. The van der Waals surface area contributed by atoms with Crippen LogP contribution in [-0.4, -0.2) is 21.6 Å². The van der Waals surface area contributed by atoms with Gasteiger partial charge in [0.2, 0.25) is 5.91 Å². The Morgan fingerprint density at radius 1 is 1.20 bits per heavy atom. The first-order chi connectivity index (χ1) is 9.72. The Kier molecular flexibility index (Phi) is 4.10. The molecule has 1 saturated carbocycles. The second-order valence-electron chi connectivity index (χ2n) is 6.22. The van der Waals surface area contributed by atoms with E-state index in [2.05, 4.69) is 5.32 Å². The average molecular weight is 276 g/mol. The van der Waals surface area contributed by atoms with Gasteiger partial charge in [-0.25, -0.2) is 0 Å². The zero-order valence-electron chi connectivity index (χ0n) is 12.0. The predicted octanol–water partition coefficient (Wildman–Crippen LogP) is 2.31. The number of aryl methyl sites for hydroxylation is 1. The van der Waals surface area contributed by atoms with Crippen molar-refractivity contribution < 1.29 is 9.90 Å². The van der Waals surface area contributed by atoms with Crippen molar-refractivity contribution in [3.63, 3.8) is 0 Å². The van der Waals surface area contributed by atoms with E-state index in [-0.39, 0.29) is 12.0 Å². The molecule has 3 rings (SSSR count). The van der Waals surface area contributed by atoms with Crippen LogP contribution in [0.1, 0.15) is 62.2 Å². The Labute approximate surface area is 120 Å². The van der Waals surface area contributed by atoms with E-state index in [0.29, 0.717) is 12.6 Å². The number of fused-ring (bicyclic) bond motifs is 1. The summed E-state index contributed by atoms with van der Waals surface area (Å²) >= 11 is 0. The molecule has 1 atom stereocenters. The van der Waals surface area contributed by atoms with Gasteiger partial charge in [-0.3, -0.25) is 4.79 Å². The van der Waals surface area contributed by atoms with Crippen molar-refractivity contribution in [2.45, 2.75) is 70.1 Å². The maximum Gasteiger partial charge on any atom is 0.240 e. The average Bonchev–Trinajstić information content (AvgIpc) is 2.83. The topological polar surface area (TPSA) is 54.3 Å². The molecule has 1 unspecified atom stereocenters. The number of nitrogens with one attached hydrogen (secondary N) is 1. The highest BCUT2D eigenvalue weighted by molar-refractivity contribution is 5.76. The fourth-order valence-corrected chi connectivity index (χ4v) is 3.50. The Balaban J connectivity index is 1.58.